The third-order valence-corrected chi connectivity index (χ3v) is 3.14. The molecule has 0 radical (unpaired) electrons. The van der Waals surface area contributed by atoms with Crippen molar-refractivity contribution in [1.82, 2.24) is 10.3 Å². The second-order valence-electron chi connectivity index (χ2n) is 4.70. The second kappa shape index (κ2) is 6.80. The van der Waals surface area contributed by atoms with Crippen molar-refractivity contribution >= 4 is 11.9 Å². The molecule has 1 aromatic heterocycles. The number of ether oxygens (including phenoxy) is 1. The molecule has 1 N–H and O–H groups in total. The quantitative estimate of drug-likeness (QED) is 0.881. The summed E-state index contributed by atoms with van der Waals surface area (Å²) in [5.74, 6) is -1.28. The largest absolute Gasteiger partial charge is 0.465 e. The Bertz CT molecular complexity index is 686. The summed E-state index contributed by atoms with van der Waals surface area (Å²) < 4.78 is 17.5. The lowest BCUT2D eigenvalue weighted by Crippen LogP contribution is -2.27. The number of aromatic nitrogens is 1. The van der Waals surface area contributed by atoms with Gasteiger partial charge in [0.25, 0.3) is 5.91 Å². The van der Waals surface area contributed by atoms with Gasteiger partial charge in [0.2, 0.25) is 0 Å². The number of benzene rings is 1. The molecule has 6 heteroatoms. The zero-order valence-corrected chi connectivity index (χ0v) is 12.2. The van der Waals surface area contributed by atoms with E-state index in [1.54, 1.807) is 19.1 Å². The number of hydrogen-bond acceptors (Lipinski definition) is 4. The number of rotatable bonds is 4. The van der Waals surface area contributed by atoms with E-state index in [-0.39, 0.29) is 28.9 Å². The summed E-state index contributed by atoms with van der Waals surface area (Å²) in [6.07, 6.45) is 2.69. The van der Waals surface area contributed by atoms with E-state index in [0.29, 0.717) is 0 Å². The highest BCUT2D eigenvalue weighted by molar-refractivity contribution is 5.97. The minimum atomic E-state index is -0.561. The zero-order valence-electron chi connectivity index (χ0n) is 12.2. The van der Waals surface area contributed by atoms with E-state index in [4.69, 9.17) is 0 Å². The van der Waals surface area contributed by atoms with Crippen LogP contribution >= 0.6 is 0 Å². The van der Waals surface area contributed by atoms with Crippen LogP contribution in [0.5, 0.6) is 0 Å². The van der Waals surface area contributed by atoms with Crippen LogP contribution in [0.25, 0.3) is 0 Å². The number of halogens is 1. The zero-order chi connectivity index (χ0) is 16.1. The predicted molar refractivity (Wildman–Crippen MR) is 77.9 cm³/mol. The van der Waals surface area contributed by atoms with Crippen molar-refractivity contribution in [3.05, 3.63) is 65.2 Å². The molecule has 0 aliphatic heterocycles. The molecule has 1 heterocycles. The highest BCUT2D eigenvalue weighted by Crippen LogP contribution is 2.14. The number of hydrogen-bond donors (Lipinski definition) is 1. The van der Waals surface area contributed by atoms with Gasteiger partial charge in [0.15, 0.2) is 0 Å². The van der Waals surface area contributed by atoms with Crippen molar-refractivity contribution in [2.45, 2.75) is 13.0 Å². The first-order chi connectivity index (χ1) is 10.5. The third-order valence-electron chi connectivity index (χ3n) is 3.14. The fraction of sp³-hybridized carbons (Fsp3) is 0.188. The molecule has 5 nitrogen and oxygen atoms in total. The van der Waals surface area contributed by atoms with Crippen molar-refractivity contribution in [2.24, 2.45) is 0 Å². The number of nitrogens with one attached hydrogen (secondary N) is 1. The number of esters is 1. The molecule has 1 amide bonds. The van der Waals surface area contributed by atoms with Crippen LogP contribution in [0.15, 0.2) is 42.7 Å². The number of methoxy groups -OCH3 is 1. The van der Waals surface area contributed by atoms with Crippen LogP contribution in [0.2, 0.25) is 0 Å². The van der Waals surface area contributed by atoms with Crippen molar-refractivity contribution in [1.29, 1.82) is 0 Å². The fourth-order valence-electron chi connectivity index (χ4n) is 1.91. The molecular weight excluding hydrogens is 287 g/mol. The Balaban J connectivity index is 2.11. The highest BCUT2D eigenvalue weighted by Gasteiger charge is 2.14. The normalized spacial score (nSPS) is 11.6. The molecule has 0 saturated heterocycles. The topological polar surface area (TPSA) is 68.3 Å². The first-order valence-corrected chi connectivity index (χ1v) is 6.61. The van der Waals surface area contributed by atoms with E-state index in [0.717, 1.165) is 5.56 Å². The third kappa shape index (κ3) is 3.66. The average Bonchev–Trinajstić information content (AvgIpc) is 2.54. The summed E-state index contributed by atoms with van der Waals surface area (Å²) in [7, 11) is 1.26. The summed E-state index contributed by atoms with van der Waals surface area (Å²) in [6, 6.07) is 6.96. The van der Waals surface area contributed by atoms with Crippen molar-refractivity contribution in [2.75, 3.05) is 7.11 Å². The highest BCUT2D eigenvalue weighted by atomic mass is 19.1. The molecule has 0 unspecified atom stereocenters. The van der Waals surface area contributed by atoms with Gasteiger partial charge >= 0.3 is 5.97 Å². The van der Waals surface area contributed by atoms with Crippen molar-refractivity contribution < 1.29 is 18.7 Å². The molecule has 22 heavy (non-hydrogen) atoms. The van der Waals surface area contributed by atoms with Crippen LogP contribution in [-0.2, 0) is 4.74 Å². The molecule has 114 valence electrons. The maximum atomic E-state index is 12.9. The fourth-order valence-corrected chi connectivity index (χ4v) is 1.91. The number of nitrogens with zero attached hydrogens (tertiary/aromatic N) is 1. The molecule has 1 aromatic carbocycles. The number of carbonyl (C=O) groups excluding carboxylic acids is 2. The monoisotopic (exact) mass is 302 g/mol. The van der Waals surface area contributed by atoms with Crippen LogP contribution in [-0.4, -0.2) is 24.0 Å². The Kier molecular flexibility index (Phi) is 4.83. The molecule has 1 atom stereocenters. The maximum Gasteiger partial charge on any atom is 0.339 e. The van der Waals surface area contributed by atoms with E-state index in [2.05, 4.69) is 15.0 Å². The summed E-state index contributed by atoms with van der Waals surface area (Å²) in [5.41, 5.74) is 1.22. The Labute approximate surface area is 127 Å². The van der Waals surface area contributed by atoms with Gasteiger partial charge in [-0.05, 0) is 30.7 Å². The van der Waals surface area contributed by atoms with Crippen molar-refractivity contribution in [3.8, 4) is 0 Å². The van der Waals surface area contributed by atoms with Crippen LogP contribution in [0.1, 0.15) is 39.2 Å². The van der Waals surface area contributed by atoms with E-state index >= 15 is 0 Å². The second-order valence-corrected chi connectivity index (χ2v) is 4.70. The molecule has 0 bridgehead atoms. The number of carbonyl (C=O) groups is 2. The molecule has 0 aliphatic carbocycles. The lowest BCUT2D eigenvalue weighted by molar-refractivity contribution is 0.0600. The maximum absolute atomic E-state index is 12.9. The Morgan fingerprint density at radius 3 is 2.45 bits per heavy atom. The minimum Gasteiger partial charge on any atom is -0.465 e. The first-order valence-electron chi connectivity index (χ1n) is 6.61. The van der Waals surface area contributed by atoms with Gasteiger partial charge < -0.3 is 10.1 Å². The van der Waals surface area contributed by atoms with Gasteiger partial charge in [0, 0.05) is 12.4 Å². The average molecular weight is 302 g/mol. The van der Waals surface area contributed by atoms with Gasteiger partial charge in [-0.1, -0.05) is 12.1 Å². The SMILES string of the molecule is COC(=O)c1cncc(C(=O)N[C@H](C)c2ccc(F)cc2)c1. The standard InChI is InChI=1S/C16H15FN2O3/c1-10(11-3-5-14(17)6-4-11)19-15(20)12-7-13(9-18-8-12)16(21)22-2/h3-10H,1-2H3,(H,19,20)/t10-/m1/s1. The van der Waals surface area contributed by atoms with E-state index in [9.17, 15) is 14.0 Å². The Hall–Kier alpha value is -2.76. The van der Waals surface area contributed by atoms with Crippen LogP contribution in [0.3, 0.4) is 0 Å². The van der Waals surface area contributed by atoms with Crippen LogP contribution < -0.4 is 5.32 Å². The summed E-state index contributed by atoms with van der Waals surface area (Å²) >= 11 is 0. The van der Waals surface area contributed by atoms with Crippen molar-refractivity contribution in [3.63, 3.8) is 0 Å². The van der Waals surface area contributed by atoms with Gasteiger partial charge in [-0.25, -0.2) is 9.18 Å². The molecule has 0 spiro atoms. The first kappa shape index (κ1) is 15.6. The van der Waals surface area contributed by atoms with Crippen LogP contribution in [0, 0.1) is 5.82 Å². The molecule has 2 aromatic rings. The van der Waals surface area contributed by atoms with Gasteiger partial charge in [-0.2, -0.15) is 0 Å². The summed E-state index contributed by atoms with van der Waals surface area (Å²) in [4.78, 5) is 27.5. The van der Waals surface area contributed by atoms with E-state index in [1.807, 2.05) is 0 Å². The Morgan fingerprint density at radius 2 is 1.82 bits per heavy atom. The van der Waals surface area contributed by atoms with E-state index in [1.165, 1.54) is 37.7 Å². The lowest BCUT2D eigenvalue weighted by Gasteiger charge is -2.14. The summed E-state index contributed by atoms with van der Waals surface area (Å²) in [6.45, 7) is 1.78. The van der Waals surface area contributed by atoms with E-state index < -0.39 is 5.97 Å². The number of pyridine rings is 1. The predicted octanol–water partition coefficient (Wildman–Crippen LogP) is 2.50. The molecule has 0 aliphatic rings. The molecule has 2 rings (SSSR count). The molecule has 0 saturated carbocycles. The van der Waals surface area contributed by atoms with Gasteiger partial charge in [-0.3, -0.25) is 9.78 Å². The number of amides is 1. The summed E-state index contributed by atoms with van der Waals surface area (Å²) in [5, 5.41) is 2.76. The lowest BCUT2D eigenvalue weighted by atomic mass is 10.1. The van der Waals surface area contributed by atoms with Crippen LogP contribution in [0.4, 0.5) is 4.39 Å². The van der Waals surface area contributed by atoms with Gasteiger partial charge in [0.1, 0.15) is 5.82 Å². The molecular formula is C16H15FN2O3. The van der Waals surface area contributed by atoms with Gasteiger partial charge in [0.05, 0.1) is 24.3 Å². The minimum absolute atomic E-state index is 0.199. The molecule has 0 fully saturated rings. The van der Waals surface area contributed by atoms with Gasteiger partial charge in [-0.15, -0.1) is 0 Å². The smallest absolute Gasteiger partial charge is 0.339 e. The Morgan fingerprint density at radius 1 is 1.18 bits per heavy atom.